The van der Waals surface area contributed by atoms with Gasteiger partial charge in [0.25, 0.3) is 0 Å². The van der Waals surface area contributed by atoms with E-state index < -0.39 is 0 Å². The van der Waals surface area contributed by atoms with Crippen LogP contribution in [0.2, 0.25) is 0 Å². The quantitative estimate of drug-likeness (QED) is 0.441. The van der Waals surface area contributed by atoms with Crippen molar-refractivity contribution < 1.29 is 0 Å². The standard InChI is InChI=1S/C26H39/c1-2-4-6-8-10-12-14-17-23-21-22-24-18-16-20-26(24)25(23)19-15-13-11-9-7-5-3-1/h16,18,20-22H,1-15,17,19H2. The molecule has 26 heavy (non-hydrogen) atoms. The fraction of sp³-hybridized carbons (Fsp3) is 0.654. The van der Waals surface area contributed by atoms with E-state index in [0.29, 0.717) is 0 Å². The second-order valence-corrected chi connectivity index (χ2v) is 8.54. The van der Waals surface area contributed by atoms with Crippen LogP contribution in [0, 0.1) is 6.42 Å². The highest BCUT2D eigenvalue weighted by atomic mass is 14.2. The van der Waals surface area contributed by atoms with Crippen molar-refractivity contribution >= 4 is 6.08 Å². The predicted octanol–water partition coefficient (Wildman–Crippen LogP) is 8.22. The summed E-state index contributed by atoms with van der Waals surface area (Å²) in [6, 6.07) is 4.78. The van der Waals surface area contributed by atoms with Gasteiger partial charge in [-0.2, -0.15) is 0 Å². The lowest BCUT2D eigenvalue weighted by atomic mass is 9.90. The molecule has 0 aliphatic heterocycles. The summed E-state index contributed by atoms with van der Waals surface area (Å²) < 4.78 is 0. The zero-order valence-electron chi connectivity index (χ0n) is 16.9. The molecule has 143 valence electrons. The van der Waals surface area contributed by atoms with Crippen molar-refractivity contribution in [1.29, 1.82) is 0 Å². The average molecular weight is 352 g/mol. The number of hydrogen-bond donors (Lipinski definition) is 0. The number of aryl methyl sites for hydroxylation is 1. The van der Waals surface area contributed by atoms with Gasteiger partial charge >= 0.3 is 0 Å². The molecule has 0 heterocycles. The third kappa shape index (κ3) is 6.29. The Labute approximate surface area is 162 Å². The summed E-state index contributed by atoms with van der Waals surface area (Å²) in [5.74, 6) is 0. The van der Waals surface area contributed by atoms with Gasteiger partial charge in [-0.05, 0) is 47.9 Å². The fourth-order valence-electron chi connectivity index (χ4n) is 4.76. The molecule has 0 spiro atoms. The highest BCUT2D eigenvalue weighted by Crippen LogP contribution is 2.30. The number of rotatable bonds is 0. The van der Waals surface area contributed by atoms with E-state index >= 15 is 0 Å². The highest BCUT2D eigenvalue weighted by molar-refractivity contribution is 5.69. The molecule has 1 aromatic rings. The third-order valence-corrected chi connectivity index (χ3v) is 6.40. The van der Waals surface area contributed by atoms with Gasteiger partial charge in [-0.15, -0.1) is 0 Å². The van der Waals surface area contributed by atoms with Crippen LogP contribution in [0.5, 0.6) is 0 Å². The minimum Gasteiger partial charge on any atom is -0.0754 e. The Morgan fingerprint density at radius 1 is 0.500 bits per heavy atom. The van der Waals surface area contributed by atoms with Gasteiger partial charge in [-0.3, -0.25) is 0 Å². The van der Waals surface area contributed by atoms with Crippen LogP contribution in [0.4, 0.5) is 0 Å². The number of benzene rings is 1. The molecule has 0 atom stereocenters. The van der Waals surface area contributed by atoms with E-state index in [9.17, 15) is 0 Å². The van der Waals surface area contributed by atoms with Crippen LogP contribution in [-0.4, -0.2) is 0 Å². The lowest BCUT2D eigenvalue weighted by molar-refractivity contribution is 0.532. The monoisotopic (exact) mass is 351 g/mol. The summed E-state index contributed by atoms with van der Waals surface area (Å²) in [5, 5.41) is 0. The summed E-state index contributed by atoms with van der Waals surface area (Å²) in [6.07, 6.45) is 31.1. The maximum absolute atomic E-state index is 2.43. The van der Waals surface area contributed by atoms with Crippen molar-refractivity contribution in [2.24, 2.45) is 0 Å². The predicted molar refractivity (Wildman–Crippen MR) is 116 cm³/mol. The SMILES string of the molecule is [CH]1C=Cc2c1ccc1c2CCCCCCCCCCCCCCCCC1. The second-order valence-electron chi connectivity index (χ2n) is 8.54. The van der Waals surface area contributed by atoms with Crippen LogP contribution >= 0.6 is 0 Å². The molecule has 1 aromatic carbocycles. The van der Waals surface area contributed by atoms with E-state index in [-0.39, 0.29) is 0 Å². The molecular formula is C26H39. The molecule has 0 unspecified atom stereocenters. The molecule has 2 aliphatic rings. The minimum atomic E-state index is 1.29. The molecule has 2 aliphatic carbocycles. The van der Waals surface area contributed by atoms with Crippen molar-refractivity contribution in [3.8, 4) is 0 Å². The molecule has 0 amide bonds. The van der Waals surface area contributed by atoms with Crippen LogP contribution < -0.4 is 0 Å². The Morgan fingerprint density at radius 2 is 1.00 bits per heavy atom. The first-order valence-electron chi connectivity index (χ1n) is 11.6. The van der Waals surface area contributed by atoms with Crippen molar-refractivity contribution in [3.05, 3.63) is 46.9 Å². The zero-order chi connectivity index (χ0) is 17.9. The number of fused-ring (bicyclic) bond motifs is 3. The van der Waals surface area contributed by atoms with E-state index in [0.717, 1.165) is 0 Å². The van der Waals surface area contributed by atoms with Gasteiger partial charge in [-0.1, -0.05) is 108 Å². The van der Waals surface area contributed by atoms with Gasteiger partial charge in [0.15, 0.2) is 0 Å². The Hall–Kier alpha value is -1.04. The molecule has 0 bridgehead atoms. The van der Waals surface area contributed by atoms with Crippen LogP contribution in [0.3, 0.4) is 0 Å². The molecule has 0 N–H and O–H groups in total. The maximum atomic E-state index is 2.43. The van der Waals surface area contributed by atoms with Gasteiger partial charge < -0.3 is 0 Å². The van der Waals surface area contributed by atoms with Crippen LogP contribution in [0.1, 0.15) is 119 Å². The summed E-state index contributed by atoms with van der Waals surface area (Å²) >= 11 is 0. The number of hydrogen-bond acceptors (Lipinski definition) is 0. The second kappa shape index (κ2) is 11.6. The third-order valence-electron chi connectivity index (χ3n) is 6.40. The molecule has 3 rings (SSSR count). The average Bonchev–Trinajstić information content (AvgIpc) is 3.13. The summed E-state index contributed by atoms with van der Waals surface area (Å²) in [5.41, 5.74) is 6.29. The maximum Gasteiger partial charge on any atom is 0.0131 e. The van der Waals surface area contributed by atoms with E-state index in [4.69, 9.17) is 0 Å². The first-order chi connectivity index (χ1) is 12.9. The van der Waals surface area contributed by atoms with Crippen LogP contribution in [0.25, 0.3) is 6.08 Å². The van der Waals surface area contributed by atoms with Crippen LogP contribution in [0.15, 0.2) is 18.2 Å². The van der Waals surface area contributed by atoms with E-state index in [1.165, 1.54) is 120 Å². The Balaban J connectivity index is 1.57. The van der Waals surface area contributed by atoms with Gasteiger partial charge in [0.1, 0.15) is 0 Å². The molecule has 0 fully saturated rings. The molecule has 0 saturated carbocycles. The zero-order valence-corrected chi connectivity index (χ0v) is 16.9. The molecule has 0 heteroatoms. The van der Waals surface area contributed by atoms with Crippen molar-refractivity contribution in [3.63, 3.8) is 0 Å². The van der Waals surface area contributed by atoms with E-state index in [1.54, 1.807) is 11.1 Å². The normalized spacial score (nSPS) is 21.2. The van der Waals surface area contributed by atoms with Crippen molar-refractivity contribution in [1.82, 2.24) is 0 Å². The summed E-state index contributed by atoms with van der Waals surface area (Å²) in [6.45, 7) is 0. The van der Waals surface area contributed by atoms with Crippen molar-refractivity contribution in [2.45, 2.75) is 109 Å². The summed E-state index contributed by atoms with van der Waals surface area (Å²) in [4.78, 5) is 0. The van der Waals surface area contributed by atoms with Crippen LogP contribution in [-0.2, 0) is 12.8 Å². The highest BCUT2D eigenvalue weighted by Gasteiger charge is 2.14. The van der Waals surface area contributed by atoms with E-state index in [1.807, 2.05) is 0 Å². The smallest absolute Gasteiger partial charge is 0.0131 e. The van der Waals surface area contributed by atoms with E-state index in [2.05, 4.69) is 30.7 Å². The van der Waals surface area contributed by atoms with Gasteiger partial charge in [-0.25, -0.2) is 0 Å². The Morgan fingerprint density at radius 3 is 1.58 bits per heavy atom. The lowest BCUT2D eigenvalue weighted by Gasteiger charge is -2.15. The lowest BCUT2D eigenvalue weighted by Crippen LogP contribution is -2.00. The van der Waals surface area contributed by atoms with Gasteiger partial charge in [0.05, 0.1) is 0 Å². The topological polar surface area (TPSA) is 0 Å². The fourth-order valence-corrected chi connectivity index (χ4v) is 4.76. The van der Waals surface area contributed by atoms with Gasteiger partial charge in [0.2, 0.25) is 0 Å². The first kappa shape index (κ1) is 19.7. The van der Waals surface area contributed by atoms with Crippen molar-refractivity contribution in [2.75, 3.05) is 0 Å². The minimum absolute atomic E-state index is 1.29. The molecular weight excluding hydrogens is 312 g/mol. The summed E-state index contributed by atoms with van der Waals surface area (Å²) in [7, 11) is 0. The number of allylic oxidation sites excluding steroid dienone is 1. The molecule has 0 saturated heterocycles. The molecule has 1 radical (unpaired) electrons. The molecule has 0 nitrogen and oxygen atoms in total. The first-order valence-corrected chi connectivity index (χ1v) is 11.6. The Bertz CT molecular complexity index is 551. The van der Waals surface area contributed by atoms with Gasteiger partial charge in [0, 0.05) is 6.42 Å². The Kier molecular flexibility index (Phi) is 8.82. The molecule has 0 aromatic heterocycles. The largest absolute Gasteiger partial charge is 0.0754 e.